The Hall–Kier alpha value is -2.15. The van der Waals surface area contributed by atoms with Gasteiger partial charge in [0, 0.05) is 10.5 Å². The van der Waals surface area contributed by atoms with Gasteiger partial charge in [-0.25, -0.2) is 4.79 Å². The number of carbonyl (C=O) groups excluding carboxylic acids is 1. The molecule has 0 radical (unpaired) electrons. The quantitative estimate of drug-likeness (QED) is 0.905. The number of nitrogens with zero attached hydrogens (tertiary/aromatic N) is 1. The third-order valence-electron chi connectivity index (χ3n) is 2.31. The number of aromatic nitrogens is 1. The normalized spacial score (nSPS) is 10.2. The van der Waals surface area contributed by atoms with Crippen molar-refractivity contribution < 1.29 is 19.2 Å². The zero-order valence-electron chi connectivity index (χ0n) is 9.81. The Kier molecular flexibility index (Phi) is 3.66. The average Bonchev–Trinajstić information content (AvgIpc) is 2.78. The minimum atomic E-state index is -1.07. The fraction of sp³-hybridized carbons (Fsp3) is 0.0833. The summed E-state index contributed by atoms with van der Waals surface area (Å²) in [6.07, 6.45) is 0. The molecule has 0 aliphatic heterocycles. The molecule has 0 fully saturated rings. The molecule has 1 amide bonds. The van der Waals surface area contributed by atoms with Gasteiger partial charge in [0.1, 0.15) is 0 Å². The lowest BCUT2D eigenvalue weighted by atomic mass is 10.2. The van der Waals surface area contributed by atoms with Crippen molar-refractivity contribution in [3.05, 3.63) is 45.8 Å². The smallest absolute Gasteiger partial charge is 0.335 e. The molecule has 2 rings (SSSR count). The Labute approximate surface area is 116 Å². The lowest BCUT2D eigenvalue weighted by molar-refractivity contribution is 0.0696. The largest absolute Gasteiger partial charge is 0.478 e. The number of anilines is 1. The average molecular weight is 325 g/mol. The van der Waals surface area contributed by atoms with Crippen LogP contribution in [0.25, 0.3) is 0 Å². The molecule has 0 aliphatic carbocycles. The number of rotatable bonds is 3. The first-order valence-corrected chi connectivity index (χ1v) is 6.04. The van der Waals surface area contributed by atoms with Gasteiger partial charge in [0.25, 0.3) is 5.91 Å². The lowest BCUT2D eigenvalue weighted by Crippen LogP contribution is -2.12. The van der Waals surface area contributed by atoms with Crippen molar-refractivity contribution in [1.82, 2.24) is 5.16 Å². The van der Waals surface area contributed by atoms with E-state index < -0.39 is 11.9 Å². The summed E-state index contributed by atoms with van der Waals surface area (Å²) in [5.41, 5.74) is 1.01. The van der Waals surface area contributed by atoms with Gasteiger partial charge in [-0.1, -0.05) is 5.16 Å². The first kappa shape index (κ1) is 13.3. The van der Waals surface area contributed by atoms with Gasteiger partial charge in [-0.2, -0.15) is 0 Å². The van der Waals surface area contributed by atoms with E-state index in [9.17, 15) is 9.59 Å². The second-order valence-electron chi connectivity index (χ2n) is 3.79. The van der Waals surface area contributed by atoms with E-state index in [1.807, 2.05) is 0 Å². The summed E-state index contributed by atoms with van der Waals surface area (Å²) in [5, 5.41) is 15.1. The number of carbonyl (C=O) groups is 2. The second kappa shape index (κ2) is 5.23. The van der Waals surface area contributed by atoms with Crippen LogP contribution < -0.4 is 5.32 Å². The fourth-order valence-electron chi connectivity index (χ4n) is 1.41. The van der Waals surface area contributed by atoms with Crippen LogP contribution in [-0.4, -0.2) is 22.1 Å². The molecular weight excluding hydrogens is 316 g/mol. The van der Waals surface area contributed by atoms with E-state index in [4.69, 9.17) is 9.63 Å². The van der Waals surface area contributed by atoms with Crippen molar-refractivity contribution in [3.8, 4) is 0 Å². The molecule has 0 atom stereocenters. The topological polar surface area (TPSA) is 92.4 Å². The van der Waals surface area contributed by atoms with Crippen molar-refractivity contribution in [1.29, 1.82) is 0 Å². The van der Waals surface area contributed by atoms with Crippen molar-refractivity contribution in [2.75, 3.05) is 5.32 Å². The maximum atomic E-state index is 11.8. The summed E-state index contributed by atoms with van der Waals surface area (Å²) < 4.78 is 5.39. The van der Waals surface area contributed by atoms with Gasteiger partial charge in [0.2, 0.25) is 5.76 Å². The molecule has 2 N–H and O–H groups in total. The monoisotopic (exact) mass is 324 g/mol. The van der Waals surface area contributed by atoms with E-state index in [2.05, 4.69) is 26.4 Å². The summed E-state index contributed by atoms with van der Waals surface area (Å²) >= 11 is 3.23. The fourth-order valence-corrected chi connectivity index (χ4v) is 1.75. The van der Waals surface area contributed by atoms with Gasteiger partial charge >= 0.3 is 5.97 Å². The Balaban J connectivity index is 2.25. The Morgan fingerprint density at radius 1 is 1.37 bits per heavy atom. The number of amides is 1. The van der Waals surface area contributed by atoms with Crippen LogP contribution in [0, 0.1) is 6.92 Å². The standard InChI is InChI=1S/C12H9BrN2O4/c1-6-4-10(19-15-6)11(16)14-9-5-7(12(17)18)2-3-8(9)13/h2-5H,1H3,(H,14,16)(H,17,18). The Bertz CT molecular complexity index is 651. The van der Waals surface area contributed by atoms with Crippen LogP contribution in [-0.2, 0) is 0 Å². The molecule has 0 saturated carbocycles. The highest BCUT2D eigenvalue weighted by Crippen LogP contribution is 2.24. The molecule has 0 unspecified atom stereocenters. The van der Waals surface area contributed by atoms with E-state index in [0.717, 1.165) is 0 Å². The van der Waals surface area contributed by atoms with Gasteiger partial charge in [-0.3, -0.25) is 4.79 Å². The molecule has 1 aromatic carbocycles. The molecule has 1 heterocycles. The van der Waals surface area contributed by atoms with Gasteiger partial charge in [0.15, 0.2) is 0 Å². The Morgan fingerprint density at radius 3 is 2.68 bits per heavy atom. The zero-order chi connectivity index (χ0) is 14.0. The molecule has 6 nitrogen and oxygen atoms in total. The van der Waals surface area contributed by atoms with Crippen molar-refractivity contribution in [3.63, 3.8) is 0 Å². The molecule has 7 heteroatoms. The number of carboxylic acid groups (broad SMARTS) is 1. The first-order chi connectivity index (χ1) is 8.97. The predicted molar refractivity (Wildman–Crippen MR) is 70.3 cm³/mol. The summed E-state index contributed by atoms with van der Waals surface area (Å²) in [4.78, 5) is 22.7. The summed E-state index contributed by atoms with van der Waals surface area (Å²) in [6.45, 7) is 1.70. The maximum absolute atomic E-state index is 11.8. The molecule has 98 valence electrons. The molecule has 0 spiro atoms. The lowest BCUT2D eigenvalue weighted by Gasteiger charge is -2.06. The van der Waals surface area contributed by atoms with Crippen molar-refractivity contribution in [2.24, 2.45) is 0 Å². The molecule has 1 aromatic heterocycles. The first-order valence-electron chi connectivity index (χ1n) is 5.25. The number of aryl methyl sites for hydroxylation is 1. The number of hydrogen-bond donors (Lipinski definition) is 2. The van der Waals surface area contributed by atoms with Crippen LogP contribution in [0.4, 0.5) is 5.69 Å². The summed E-state index contributed by atoms with van der Waals surface area (Å²) in [6, 6.07) is 5.82. The van der Waals surface area contributed by atoms with E-state index in [1.165, 1.54) is 18.2 Å². The second-order valence-corrected chi connectivity index (χ2v) is 4.64. The number of carboxylic acids is 1. The minimum absolute atomic E-state index is 0.0603. The molecule has 19 heavy (non-hydrogen) atoms. The minimum Gasteiger partial charge on any atom is -0.478 e. The summed E-state index contributed by atoms with van der Waals surface area (Å²) in [7, 11) is 0. The van der Waals surface area contributed by atoms with Gasteiger partial charge < -0.3 is 14.9 Å². The summed E-state index contributed by atoms with van der Waals surface area (Å²) in [5.74, 6) is -1.51. The zero-order valence-corrected chi connectivity index (χ0v) is 11.4. The van der Waals surface area contributed by atoms with Crippen LogP contribution in [0.15, 0.2) is 33.3 Å². The van der Waals surface area contributed by atoms with Crippen molar-refractivity contribution >= 4 is 33.5 Å². The number of aromatic carboxylic acids is 1. The number of halogens is 1. The predicted octanol–water partition coefficient (Wildman–Crippen LogP) is 2.70. The molecular formula is C12H9BrN2O4. The molecule has 0 bridgehead atoms. The van der Waals surface area contributed by atoms with Crippen LogP contribution in [0.2, 0.25) is 0 Å². The Morgan fingerprint density at radius 2 is 2.11 bits per heavy atom. The van der Waals surface area contributed by atoms with Crippen LogP contribution in [0.5, 0.6) is 0 Å². The van der Waals surface area contributed by atoms with E-state index in [1.54, 1.807) is 13.0 Å². The van der Waals surface area contributed by atoms with Crippen LogP contribution in [0.3, 0.4) is 0 Å². The highest BCUT2D eigenvalue weighted by molar-refractivity contribution is 9.10. The molecule has 0 aliphatic rings. The van der Waals surface area contributed by atoms with Crippen molar-refractivity contribution in [2.45, 2.75) is 6.92 Å². The van der Waals surface area contributed by atoms with Gasteiger partial charge in [-0.05, 0) is 41.1 Å². The molecule has 2 aromatic rings. The van der Waals surface area contributed by atoms with Crippen LogP contribution >= 0.6 is 15.9 Å². The third-order valence-corrected chi connectivity index (χ3v) is 3.00. The number of benzene rings is 1. The van der Waals surface area contributed by atoms with E-state index in [-0.39, 0.29) is 11.3 Å². The van der Waals surface area contributed by atoms with Gasteiger partial charge in [-0.15, -0.1) is 0 Å². The highest BCUT2D eigenvalue weighted by atomic mass is 79.9. The number of hydrogen-bond acceptors (Lipinski definition) is 4. The van der Waals surface area contributed by atoms with Gasteiger partial charge in [0.05, 0.1) is 16.9 Å². The molecule has 0 saturated heterocycles. The number of nitrogens with one attached hydrogen (secondary N) is 1. The van der Waals surface area contributed by atoms with Crippen LogP contribution in [0.1, 0.15) is 26.6 Å². The van der Waals surface area contributed by atoms with E-state index >= 15 is 0 Å². The van der Waals surface area contributed by atoms with E-state index in [0.29, 0.717) is 15.9 Å². The maximum Gasteiger partial charge on any atom is 0.335 e. The third kappa shape index (κ3) is 3.00. The SMILES string of the molecule is Cc1cc(C(=O)Nc2cc(C(=O)O)ccc2Br)on1. The highest BCUT2D eigenvalue weighted by Gasteiger charge is 2.14.